The van der Waals surface area contributed by atoms with Crippen molar-refractivity contribution in [3.8, 4) is 0 Å². The number of nitrogens with zero attached hydrogens (tertiary/aromatic N) is 1. The second-order valence-electron chi connectivity index (χ2n) is 8.46. The average Bonchev–Trinajstić information content (AvgIpc) is 2.81. The quantitative estimate of drug-likeness (QED) is 0.408. The van der Waals surface area contributed by atoms with E-state index in [4.69, 9.17) is 0 Å². The Morgan fingerprint density at radius 1 is 0.912 bits per heavy atom. The van der Waals surface area contributed by atoms with Crippen molar-refractivity contribution in [3.05, 3.63) is 101 Å². The second kappa shape index (κ2) is 9.75. The molecule has 7 heteroatoms. The Hall–Kier alpha value is -3.55. The number of fused-ring (bicyclic) bond motifs is 1. The van der Waals surface area contributed by atoms with Gasteiger partial charge in [0.15, 0.2) is 0 Å². The number of hydrogen-bond donors (Lipinski definition) is 2. The summed E-state index contributed by atoms with van der Waals surface area (Å²) in [6, 6.07) is 20.8. The van der Waals surface area contributed by atoms with E-state index in [1.165, 1.54) is 6.07 Å². The fourth-order valence-electron chi connectivity index (χ4n) is 4.17. The molecule has 0 spiro atoms. The van der Waals surface area contributed by atoms with E-state index in [9.17, 15) is 13.2 Å². The highest BCUT2D eigenvalue weighted by Gasteiger charge is 2.28. The molecule has 0 saturated carbocycles. The van der Waals surface area contributed by atoms with Crippen LogP contribution in [0.3, 0.4) is 0 Å². The van der Waals surface area contributed by atoms with Crippen molar-refractivity contribution in [3.63, 3.8) is 0 Å². The van der Waals surface area contributed by atoms with Crippen LogP contribution in [0.15, 0.2) is 83.9 Å². The molecule has 0 aliphatic rings. The standard InChI is InChI=1S/C27H27N3O3S/c1-18-15-19(2)25(20(3)16-18)29-27(31)23(17-21-9-5-4-6-10-21)30-34(32,33)24-13-7-11-22-12-8-14-28-26(22)24/h4-16,23,30H,17H2,1-3H3,(H,29,31)/t23-/m1/s1. The highest BCUT2D eigenvalue weighted by Crippen LogP contribution is 2.24. The lowest BCUT2D eigenvalue weighted by atomic mass is 10.0. The van der Waals surface area contributed by atoms with Crippen LogP contribution in [0.4, 0.5) is 5.69 Å². The minimum Gasteiger partial charge on any atom is -0.324 e. The van der Waals surface area contributed by atoms with Gasteiger partial charge in [0.25, 0.3) is 0 Å². The first-order chi connectivity index (χ1) is 16.2. The third-order valence-electron chi connectivity index (χ3n) is 5.71. The first-order valence-electron chi connectivity index (χ1n) is 11.0. The Labute approximate surface area is 200 Å². The number of carbonyl (C=O) groups is 1. The van der Waals surface area contributed by atoms with Crippen molar-refractivity contribution < 1.29 is 13.2 Å². The maximum Gasteiger partial charge on any atom is 0.243 e. The Morgan fingerprint density at radius 2 is 1.59 bits per heavy atom. The van der Waals surface area contributed by atoms with Crippen LogP contribution in [0.5, 0.6) is 0 Å². The third-order valence-corrected chi connectivity index (χ3v) is 7.21. The number of anilines is 1. The van der Waals surface area contributed by atoms with Gasteiger partial charge in [-0.05, 0) is 56.0 Å². The summed E-state index contributed by atoms with van der Waals surface area (Å²) < 4.78 is 29.5. The topological polar surface area (TPSA) is 88.2 Å². The van der Waals surface area contributed by atoms with Gasteiger partial charge in [-0.3, -0.25) is 9.78 Å². The molecule has 0 aliphatic heterocycles. The van der Waals surface area contributed by atoms with Gasteiger partial charge in [-0.15, -0.1) is 0 Å². The van der Waals surface area contributed by atoms with E-state index in [1.54, 1.807) is 30.5 Å². The third kappa shape index (κ3) is 5.16. The zero-order chi connectivity index (χ0) is 24.3. The average molecular weight is 474 g/mol. The molecule has 0 bridgehead atoms. The zero-order valence-corrected chi connectivity index (χ0v) is 20.2. The van der Waals surface area contributed by atoms with Gasteiger partial charge in [0.1, 0.15) is 10.9 Å². The molecule has 2 N–H and O–H groups in total. The number of sulfonamides is 1. The summed E-state index contributed by atoms with van der Waals surface area (Å²) >= 11 is 0. The molecule has 0 unspecified atom stereocenters. The number of benzene rings is 3. The summed E-state index contributed by atoms with van der Waals surface area (Å²) in [5.74, 6) is -0.421. The number of carbonyl (C=O) groups excluding carboxylic acids is 1. The van der Waals surface area contributed by atoms with Crippen LogP contribution in [-0.2, 0) is 21.2 Å². The maximum absolute atomic E-state index is 13.5. The van der Waals surface area contributed by atoms with Gasteiger partial charge >= 0.3 is 0 Å². The molecule has 1 aromatic heterocycles. The summed E-state index contributed by atoms with van der Waals surface area (Å²) in [6.07, 6.45) is 1.76. The number of rotatable bonds is 7. The molecule has 0 aliphatic carbocycles. The molecule has 4 rings (SSSR count). The predicted octanol–water partition coefficient (Wildman–Crippen LogP) is 4.69. The van der Waals surface area contributed by atoms with Crippen LogP contribution in [0, 0.1) is 20.8 Å². The lowest BCUT2D eigenvalue weighted by Gasteiger charge is -2.21. The smallest absolute Gasteiger partial charge is 0.243 e. The van der Waals surface area contributed by atoms with Crippen LogP contribution in [0.2, 0.25) is 0 Å². The lowest BCUT2D eigenvalue weighted by Crippen LogP contribution is -2.45. The fraction of sp³-hybridized carbons (Fsp3) is 0.185. The second-order valence-corrected chi connectivity index (χ2v) is 10.1. The molecule has 0 radical (unpaired) electrons. The highest BCUT2D eigenvalue weighted by atomic mass is 32.2. The van der Waals surface area contributed by atoms with E-state index < -0.39 is 22.0 Å². The molecule has 34 heavy (non-hydrogen) atoms. The number of aryl methyl sites for hydroxylation is 3. The van der Waals surface area contributed by atoms with Gasteiger partial charge in [-0.2, -0.15) is 4.72 Å². The van der Waals surface area contributed by atoms with Gasteiger partial charge in [0, 0.05) is 17.3 Å². The summed E-state index contributed by atoms with van der Waals surface area (Å²) in [5, 5.41) is 3.66. The number of pyridine rings is 1. The van der Waals surface area contributed by atoms with Crippen molar-refractivity contribution in [1.82, 2.24) is 9.71 Å². The van der Waals surface area contributed by atoms with Gasteiger partial charge in [0.05, 0.1) is 5.52 Å². The number of hydrogen-bond acceptors (Lipinski definition) is 4. The van der Waals surface area contributed by atoms with E-state index in [2.05, 4.69) is 15.0 Å². The fourth-order valence-corrected chi connectivity index (χ4v) is 5.54. The Balaban J connectivity index is 1.69. The minimum absolute atomic E-state index is 0.0409. The van der Waals surface area contributed by atoms with Crippen LogP contribution >= 0.6 is 0 Å². The predicted molar refractivity (Wildman–Crippen MR) is 135 cm³/mol. The Morgan fingerprint density at radius 3 is 2.29 bits per heavy atom. The molecule has 1 amide bonds. The molecule has 0 fully saturated rings. The number of aromatic nitrogens is 1. The van der Waals surface area contributed by atoms with Crippen molar-refractivity contribution in [1.29, 1.82) is 0 Å². The molecule has 3 aromatic carbocycles. The molecule has 0 saturated heterocycles. The summed E-state index contributed by atoms with van der Waals surface area (Å²) in [6.45, 7) is 5.84. The summed E-state index contributed by atoms with van der Waals surface area (Å²) in [4.78, 5) is 17.7. The highest BCUT2D eigenvalue weighted by molar-refractivity contribution is 7.89. The van der Waals surface area contributed by atoms with E-state index in [0.29, 0.717) is 16.6 Å². The Bertz CT molecular complexity index is 1420. The van der Waals surface area contributed by atoms with Gasteiger partial charge < -0.3 is 5.32 Å². The summed E-state index contributed by atoms with van der Waals surface area (Å²) in [7, 11) is -4.04. The molecule has 4 aromatic rings. The van der Waals surface area contributed by atoms with E-state index in [1.807, 2.05) is 63.2 Å². The number of para-hydroxylation sites is 1. The summed E-state index contributed by atoms with van der Waals surface area (Å²) in [5.41, 5.74) is 4.84. The monoisotopic (exact) mass is 473 g/mol. The van der Waals surface area contributed by atoms with Gasteiger partial charge in [-0.25, -0.2) is 8.42 Å². The molecular weight excluding hydrogens is 446 g/mol. The largest absolute Gasteiger partial charge is 0.324 e. The SMILES string of the molecule is Cc1cc(C)c(NC(=O)[C@@H](Cc2ccccc2)NS(=O)(=O)c2cccc3cccnc23)c(C)c1. The van der Waals surface area contributed by atoms with Crippen molar-refractivity contribution in [2.75, 3.05) is 5.32 Å². The van der Waals surface area contributed by atoms with E-state index >= 15 is 0 Å². The first kappa shape index (κ1) is 23.6. The maximum atomic E-state index is 13.5. The normalized spacial score (nSPS) is 12.4. The van der Waals surface area contributed by atoms with Crippen LogP contribution in [-0.4, -0.2) is 25.4 Å². The minimum atomic E-state index is -4.04. The van der Waals surface area contributed by atoms with E-state index in [0.717, 1.165) is 22.3 Å². The van der Waals surface area contributed by atoms with Crippen LogP contribution in [0.25, 0.3) is 10.9 Å². The Kier molecular flexibility index (Phi) is 6.77. The lowest BCUT2D eigenvalue weighted by molar-refractivity contribution is -0.117. The van der Waals surface area contributed by atoms with Crippen molar-refractivity contribution in [2.24, 2.45) is 0 Å². The van der Waals surface area contributed by atoms with E-state index in [-0.39, 0.29) is 11.3 Å². The van der Waals surface area contributed by atoms with Crippen LogP contribution < -0.4 is 10.0 Å². The molecule has 6 nitrogen and oxygen atoms in total. The number of nitrogens with one attached hydrogen (secondary N) is 2. The molecule has 174 valence electrons. The molecule has 1 heterocycles. The molecule has 1 atom stereocenters. The van der Waals surface area contributed by atoms with Crippen molar-refractivity contribution in [2.45, 2.75) is 38.1 Å². The van der Waals surface area contributed by atoms with Gasteiger partial charge in [0.2, 0.25) is 15.9 Å². The first-order valence-corrected chi connectivity index (χ1v) is 12.5. The zero-order valence-electron chi connectivity index (χ0n) is 19.4. The van der Waals surface area contributed by atoms with Crippen LogP contribution in [0.1, 0.15) is 22.3 Å². The van der Waals surface area contributed by atoms with Gasteiger partial charge in [-0.1, -0.05) is 66.2 Å². The molecular formula is C27H27N3O3S. The number of amides is 1. The van der Waals surface area contributed by atoms with Crippen molar-refractivity contribution >= 4 is 32.5 Å².